The summed E-state index contributed by atoms with van der Waals surface area (Å²) in [6.45, 7) is 4.05. The van der Waals surface area contributed by atoms with Gasteiger partial charge >= 0.3 is 0 Å². The number of nitrogens with one attached hydrogen (secondary N) is 1. The lowest BCUT2D eigenvalue weighted by molar-refractivity contribution is 0.162. The molecule has 1 aliphatic heterocycles. The first kappa shape index (κ1) is 17.5. The Morgan fingerprint density at radius 1 is 1.04 bits per heavy atom. The standard InChI is InChI=1S/C22H26N2OS/c1-24(16-21-14-18-4-2-3-5-22(18)26-21)15-17-6-8-19(9-7-17)25-20-10-12-23-13-11-20/h2-9,14,20,23H,10-13,15-16H2,1H3. The average molecular weight is 367 g/mol. The Labute approximate surface area is 159 Å². The number of thiophene rings is 1. The summed E-state index contributed by atoms with van der Waals surface area (Å²) in [4.78, 5) is 3.78. The van der Waals surface area contributed by atoms with Gasteiger partial charge in [0.05, 0.1) is 0 Å². The summed E-state index contributed by atoms with van der Waals surface area (Å²) in [5.74, 6) is 0.993. The van der Waals surface area contributed by atoms with E-state index in [-0.39, 0.29) is 0 Å². The summed E-state index contributed by atoms with van der Waals surface area (Å²) >= 11 is 1.89. The van der Waals surface area contributed by atoms with E-state index in [9.17, 15) is 0 Å². The Bertz CT molecular complexity index is 804. The second-order valence-electron chi connectivity index (χ2n) is 7.13. The van der Waals surface area contributed by atoms with Crippen molar-refractivity contribution in [2.75, 3.05) is 20.1 Å². The van der Waals surface area contributed by atoms with Gasteiger partial charge in [0.25, 0.3) is 0 Å². The van der Waals surface area contributed by atoms with Crippen LogP contribution < -0.4 is 10.1 Å². The molecule has 3 aromatic rings. The first-order chi connectivity index (χ1) is 12.8. The fourth-order valence-corrected chi connectivity index (χ4v) is 4.67. The Morgan fingerprint density at radius 3 is 2.58 bits per heavy atom. The number of ether oxygens (including phenoxy) is 1. The van der Waals surface area contributed by atoms with Crippen molar-refractivity contribution in [2.24, 2.45) is 0 Å². The first-order valence-corrected chi connectivity index (χ1v) is 10.2. The molecule has 1 saturated heterocycles. The molecule has 0 bridgehead atoms. The molecule has 0 atom stereocenters. The smallest absolute Gasteiger partial charge is 0.119 e. The molecule has 1 fully saturated rings. The SMILES string of the molecule is CN(Cc1ccc(OC2CCNCC2)cc1)Cc1cc2ccccc2s1. The number of piperidine rings is 1. The van der Waals surface area contributed by atoms with Gasteiger partial charge in [-0.1, -0.05) is 30.3 Å². The summed E-state index contributed by atoms with van der Waals surface area (Å²) in [7, 11) is 2.18. The van der Waals surface area contributed by atoms with Crippen LogP contribution in [0.5, 0.6) is 5.75 Å². The molecule has 0 spiro atoms. The van der Waals surface area contributed by atoms with Gasteiger partial charge in [-0.15, -0.1) is 11.3 Å². The minimum atomic E-state index is 0.359. The molecule has 1 aromatic heterocycles. The largest absolute Gasteiger partial charge is 0.490 e. The highest BCUT2D eigenvalue weighted by Crippen LogP contribution is 2.26. The minimum absolute atomic E-state index is 0.359. The molecule has 0 saturated carbocycles. The molecular formula is C22H26N2OS. The van der Waals surface area contributed by atoms with E-state index in [4.69, 9.17) is 4.74 Å². The number of nitrogens with zero attached hydrogens (tertiary/aromatic N) is 1. The van der Waals surface area contributed by atoms with Gasteiger partial charge in [-0.3, -0.25) is 4.90 Å². The van der Waals surface area contributed by atoms with Gasteiger partial charge in [-0.2, -0.15) is 0 Å². The maximum Gasteiger partial charge on any atom is 0.119 e. The summed E-state index contributed by atoms with van der Waals surface area (Å²) in [5, 5.41) is 4.72. The van der Waals surface area contributed by atoms with Crippen LogP contribution in [0.15, 0.2) is 54.6 Å². The third-order valence-electron chi connectivity index (χ3n) is 4.87. The monoisotopic (exact) mass is 366 g/mol. The van der Waals surface area contributed by atoms with E-state index in [1.807, 2.05) is 11.3 Å². The molecule has 1 aliphatic rings. The zero-order valence-electron chi connectivity index (χ0n) is 15.3. The third-order valence-corrected chi connectivity index (χ3v) is 5.97. The van der Waals surface area contributed by atoms with Gasteiger partial charge in [0.15, 0.2) is 0 Å². The lowest BCUT2D eigenvalue weighted by Crippen LogP contribution is -2.34. The molecule has 0 amide bonds. The van der Waals surface area contributed by atoms with Crippen molar-refractivity contribution < 1.29 is 4.74 Å². The Balaban J connectivity index is 1.32. The topological polar surface area (TPSA) is 24.5 Å². The van der Waals surface area contributed by atoms with Gasteiger partial charge in [-0.25, -0.2) is 0 Å². The maximum absolute atomic E-state index is 6.09. The molecule has 136 valence electrons. The molecule has 4 rings (SSSR count). The Kier molecular flexibility index (Phi) is 5.54. The second-order valence-corrected chi connectivity index (χ2v) is 8.30. The van der Waals surface area contributed by atoms with Gasteiger partial charge in [0.1, 0.15) is 11.9 Å². The summed E-state index contributed by atoms with van der Waals surface area (Å²) in [5.41, 5.74) is 1.33. The Morgan fingerprint density at radius 2 is 1.81 bits per heavy atom. The van der Waals surface area contributed by atoms with E-state index in [2.05, 4.69) is 71.9 Å². The lowest BCUT2D eigenvalue weighted by Gasteiger charge is -2.24. The zero-order chi connectivity index (χ0) is 17.8. The molecule has 3 nitrogen and oxygen atoms in total. The number of fused-ring (bicyclic) bond motifs is 1. The van der Waals surface area contributed by atoms with Gasteiger partial charge in [0, 0.05) is 22.7 Å². The second kappa shape index (κ2) is 8.21. The Hall–Kier alpha value is -1.88. The van der Waals surface area contributed by atoms with Crippen LogP contribution in [0.2, 0.25) is 0 Å². The molecule has 2 aromatic carbocycles. The van der Waals surface area contributed by atoms with Crippen LogP contribution in [0.25, 0.3) is 10.1 Å². The number of rotatable bonds is 6. The highest BCUT2D eigenvalue weighted by molar-refractivity contribution is 7.19. The molecule has 2 heterocycles. The van der Waals surface area contributed by atoms with Crippen LogP contribution in [0.3, 0.4) is 0 Å². The molecule has 1 N–H and O–H groups in total. The number of benzene rings is 2. The van der Waals surface area contributed by atoms with Gasteiger partial charge in [-0.05, 0) is 68.2 Å². The van der Waals surface area contributed by atoms with E-state index in [0.29, 0.717) is 6.10 Å². The zero-order valence-corrected chi connectivity index (χ0v) is 16.1. The minimum Gasteiger partial charge on any atom is -0.490 e. The predicted molar refractivity (Wildman–Crippen MR) is 110 cm³/mol. The van der Waals surface area contributed by atoms with Crippen LogP contribution in [0, 0.1) is 0 Å². The van der Waals surface area contributed by atoms with Crippen LogP contribution in [0.4, 0.5) is 0 Å². The number of hydrogen-bond acceptors (Lipinski definition) is 4. The quantitative estimate of drug-likeness (QED) is 0.686. The maximum atomic E-state index is 6.09. The first-order valence-electron chi connectivity index (χ1n) is 9.38. The summed E-state index contributed by atoms with van der Waals surface area (Å²) in [6.07, 6.45) is 2.55. The van der Waals surface area contributed by atoms with E-state index in [1.54, 1.807) is 0 Å². The van der Waals surface area contributed by atoms with Crippen LogP contribution in [-0.4, -0.2) is 31.1 Å². The molecule has 4 heteroatoms. The highest BCUT2D eigenvalue weighted by Gasteiger charge is 2.14. The van der Waals surface area contributed by atoms with Gasteiger partial charge < -0.3 is 10.1 Å². The van der Waals surface area contributed by atoms with E-state index in [1.165, 1.54) is 20.5 Å². The van der Waals surface area contributed by atoms with Crippen LogP contribution in [-0.2, 0) is 13.1 Å². The van der Waals surface area contributed by atoms with Crippen molar-refractivity contribution in [3.8, 4) is 5.75 Å². The number of hydrogen-bond donors (Lipinski definition) is 1. The average Bonchev–Trinajstić information content (AvgIpc) is 3.06. The van der Waals surface area contributed by atoms with Crippen molar-refractivity contribution in [2.45, 2.75) is 32.0 Å². The van der Waals surface area contributed by atoms with E-state index < -0.39 is 0 Å². The molecule has 0 radical (unpaired) electrons. The lowest BCUT2D eigenvalue weighted by atomic mass is 10.1. The van der Waals surface area contributed by atoms with Crippen molar-refractivity contribution in [1.82, 2.24) is 10.2 Å². The molecular weight excluding hydrogens is 340 g/mol. The molecule has 0 unspecified atom stereocenters. The van der Waals surface area contributed by atoms with Crippen LogP contribution in [0.1, 0.15) is 23.3 Å². The summed E-state index contributed by atoms with van der Waals surface area (Å²) in [6, 6.07) is 19.5. The van der Waals surface area contributed by atoms with Crippen LogP contribution >= 0.6 is 11.3 Å². The fourth-order valence-electron chi connectivity index (χ4n) is 3.53. The van der Waals surface area contributed by atoms with Gasteiger partial charge in [0.2, 0.25) is 0 Å². The molecule has 0 aliphatic carbocycles. The normalized spacial score (nSPS) is 15.6. The predicted octanol–water partition coefficient (Wildman–Crippen LogP) is 4.66. The van der Waals surface area contributed by atoms with Crippen molar-refractivity contribution in [3.05, 3.63) is 65.0 Å². The third kappa shape index (κ3) is 4.44. The van der Waals surface area contributed by atoms with Crippen molar-refractivity contribution >= 4 is 21.4 Å². The van der Waals surface area contributed by atoms with E-state index >= 15 is 0 Å². The van der Waals surface area contributed by atoms with Crippen molar-refractivity contribution in [3.63, 3.8) is 0 Å². The molecule has 26 heavy (non-hydrogen) atoms. The fraction of sp³-hybridized carbons (Fsp3) is 0.364. The van der Waals surface area contributed by atoms with Crippen molar-refractivity contribution in [1.29, 1.82) is 0 Å². The highest BCUT2D eigenvalue weighted by atomic mass is 32.1. The summed E-state index contributed by atoms with van der Waals surface area (Å²) < 4.78 is 7.46. The van der Waals surface area contributed by atoms with E-state index in [0.717, 1.165) is 44.8 Å².